The summed E-state index contributed by atoms with van der Waals surface area (Å²) in [5, 5.41) is 22.4. The largest absolute Gasteiger partial charge is 0.588 e. The van der Waals surface area contributed by atoms with Crippen LogP contribution in [0.25, 0.3) is 0 Å². The molecule has 3 N–H and O–H groups in total. The maximum atomic E-state index is 10.9. The lowest BCUT2D eigenvalue weighted by molar-refractivity contribution is -0.987. The van der Waals surface area contributed by atoms with E-state index in [2.05, 4.69) is 0 Å². The molecular formula is C5H6N2O3S. The molecule has 1 aliphatic heterocycles. The molecule has 0 aliphatic carbocycles. The molecule has 1 rings (SSSR count). The summed E-state index contributed by atoms with van der Waals surface area (Å²) >= 11 is 1.11. The Morgan fingerprint density at radius 2 is 2.45 bits per heavy atom. The molecule has 1 atom stereocenters. The highest BCUT2D eigenvalue weighted by atomic mass is 32.2. The summed E-state index contributed by atoms with van der Waals surface area (Å²) in [5.41, 5.74) is 4.44. The molecule has 1 aliphatic rings. The number of carbonyl (C=O) groups is 1. The van der Waals surface area contributed by atoms with Gasteiger partial charge >= 0.3 is 5.91 Å². The van der Waals surface area contributed by atoms with Gasteiger partial charge in [-0.2, -0.15) is 4.81 Å². The van der Waals surface area contributed by atoms with Gasteiger partial charge in [0, 0.05) is 10.8 Å². The Balaban J connectivity index is 2.95. The summed E-state index contributed by atoms with van der Waals surface area (Å²) in [5.74, 6) is -0.917. The van der Waals surface area contributed by atoms with Gasteiger partial charge in [-0.05, 0) is 0 Å². The average Bonchev–Trinajstić information content (AvgIpc) is 1.85. The Morgan fingerprint density at radius 3 is 2.82 bits per heavy atom. The van der Waals surface area contributed by atoms with Crippen molar-refractivity contribution in [2.45, 2.75) is 0 Å². The van der Waals surface area contributed by atoms with Gasteiger partial charge in [0.05, 0.1) is 0 Å². The van der Waals surface area contributed by atoms with Crippen LogP contribution in [0.2, 0.25) is 0 Å². The number of amides is 1. The summed E-state index contributed by atoms with van der Waals surface area (Å²) < 4.78 is 0. The first-order valence-electron chi connectivity index (χ1n) is 2.70. The molecule has 5 nitrogen and oxygen atoms in total. The monoisotopic (exact) mass is 174 g/mol. The number of primary amides is 1. The van der Waals surface area contributed by atoms with Crippen LogP contribution >= 0.6 is 11.8 Å². The van der Waals surface area contributed by atoms with E-state index in [0.717, 1.165) is 18.0 Å². The van der Waals surface area contributed by atoms with E-state index in [4.69, 9.17) is 10.9 Å². The van der Waals surface area contributed by atoms with Gasteiger partial charge in [-0.15, -0.1) is 0 Å². The third-order valence-corrected chi connectivity index (χ3v) is 1.76. The standard InChI is InChI=1S/C5H6N2O3S/c6-5(8)4-3-11-2-1-7(4,9)10/h1-3,9H,(H2,6,8). The molecule has 0 spiro atoms. The average molecular weight is 174 g/mol. The highest BCUT2D eigenvalue weighted by Gasteiger charge is 2.26. The third-order valence-electron chi connectivity index (χ3n) is 1.12. The van der Waals surface area contributed by atoms with Crippen molar-refractivity contribution in [3.63, 3.8) is 0 Å². The Morgan fingerprint density at radius 1 is 1.82 bits per heavy atom. The zero-order chi connectivity index (χ0) is 8.48. The Hall–Kier alpha value is -0.820. The maximum Gasteiger partial charge on any atom is 0.307 e. The molecule has 1 heterocycles. The molecule has 0 aromatic rings. The van der Waals surface area contributed by atoms with Crippen molar-refractivity contribution in [1.29, 1.82) is 0 Å². The summed E-state index contributed by atoms with van der Waals surface area (Å²) in [6, 6.07) is 0. The third kappa shape index (κ3) is 1.60. The molecule has 60 valence electrons. The van der Waals surface area contributed by atoms with Gasteiger partial charge in [0.25, 0.3) is 0 Å². The molecule has 0 saturated heterocycles. The van der Waals surface area contributed by atoms with E-state index in [0.29, 0.717) is 0 Å². The molecule has 1 unspecified atom stereocenters. The lowest BCUT2D eigenvalue weighted by Gasteiger charge is -2.30. The Bertz CT molecular complexity index is 246. The quantitative estimate of drug-likeness (QED) is 0.440. The first kappa shape index (κ1) is 8.28. The van der Waals surface area contributed by atoms with Crippen LogP contribution in [0.15, 0.2) is 22.7 Å². The van der Waals surface area contributed by atoms with Crippen LogP contribution in [0, 0.1) is 5.21 Å². The van der Waals surface area contributed by atoms with Crippen molar-refractivity contribution < 1.29 is 14.8 Å². The molecule has 0 aromatic carbocycles. The van der Waals surface area contributed by atoms with Gasteiger partial charge < -0.3 is 10.9 Å². The molecule has 0 bridgehead atoms. The molecule has 1 amide bonds. The number of hydrogen-bond donors (Lipinski definition) is 2. The molecular weight excluding hydrogens is 168 g/mol. The van der Waals surface area contributed by atoms with Gasteiger partial charge in [0.15, 0.2) is 0 Å². The summed E-state index contributed by atoms with van der Waals surface area (Å²) in [4.78, 5) is 8.68. The van der Waals surface area contributed by atoms with Crippen LogP contribution in [0.4, 0.5) is 0 Å². The SMILES string of the molecule is NC(=O)C1=CSC=C[N+]1([O-])O. The number of carbonyl (C=O) groups excluding carboxylic acids is 1. The second-order valence-corrected chi connectivity index (χ2v) is 2.69. The highest BCUT2D eigenvalue weighted by Crippen LogP contribution is 2.23. The molecule has 0 radical (unpaired) electrons. The Kier molecular flexibility index (Phi) is 2.01. The van der Waals surface area contributed by atoms with Crippen LogP contribution in [0.5, 0.6) is 0 Å². The molecule has 0 aromatic heterocycles. The number of hydrogen-bond acceptors (Lipinski definition) is 4. The van der Waals surface area contributed by atoms with Crippen molar-refractivity contribution in [3.8, 4) is 0 Å². The van der Waals surface area contributed by atoms with Gasteiger partial charge in [0.1, 0.15) is 6.20 Å². The van der Waals surface area contributed by atoms with E-state index in [-0.39, 0.29) is 5.70 Å². The van der Waals surface area contributed by atoms with Gasteiger partial charge in [-0.3, -0.25) is 4.79 Å². The van der Waals surface area contributed by atoms with E-state index < -0.39 is 10.7 Å². The molecule has 11 heavy (non-hydrogen) atoms. The minimum Gasteiger partial charge on any atom is -0.588 e. The van der Waals surface area contributed by atoms with Crippen molar-refractivity contribution in [1.82, 2.24) is 0 Å². The lowest BCUT2D eigenvalue weighted by Crippen LogP contribution is -2.38. The number of nitrogens with two attached hydrogens (primary N) is 1. The van der Waals surface area contributed by atoms with E-state index in [1.807, 2.05) is 0 Å². The van der Waals surface area contributed by atoms with E-state index in [9.17, 15) is 10.0 Å². The fourth-order valence-corrected chi connectivity index (χ4v) is 1.30. The number of rotatable bonds is 1. The minimum atomic E-state index is -1.82. The predicted molar refractivity (Wildman–Crippen MR) is 39.4 cm³/mol. The van der Waals surface area contributed by atoms with Crippen LogP contribution in [-0.4, -0.2) is 15.9 Å². The second-order valence-electron chi connectivity index (χ2n) is 1.91. The number of hydroxylamine groups is 4. The first-order valence-corrected chi connectivity index (χ1v) is 3.64. The van der Waals surface area contributed by atoms with Crippen LogP contribution < -0.4 is 5.73 Å². The van der Waals surface area contributed by atoms with Crippen LogP contribution in [-0.2, 0) is 4.79 Å². The zero-order valence-corrected chi connectivity index (χ0v) is 6.25. The fourth-order valence-electron chi connectivity index (χ4n) is 0.593. The minimum absolute atomic E-state index is 0.377. The molecule has 0 fully saturated rings. The number of quaternary nitrogens is 1. The second kappa shape index (κ2) is 2.67. The normalized spacial score (nSPS) is 29.8. The van der Waals surface area contributed by atoms with E-state index in [1.54, 1.807) is 0 Å². The Labute approximate surface area is 66.9 Å². The van der Waals surface area contributed by atoms with Crippen LogP contribution in [0.1, 0.15) is 0 Å². The lowest BCUT2D eigenvalue weighted by atomic mass is 10.4. The van der Waals surface area contributed by atoms with Gasteiger partial charge in [0.2, 0.25) is 5.70 Å². The van der Waals surface area contributed by atoms with E-state index >= 15 is 0 Å². The van der Waals surface area contributed by atoms with Crippen LogP contribution in [0.3, 0.4) is 0 Å². The van der Waals surface area contributed by atoms with Crippen molar-refractivity contribution in [2.75, 3.05) is 0 Å². The zero-order valence-electron chi connectivity index (χ0n) is 5.43. The molecule has 6 heteroatoms. The summed E-state index contributed by atoms with van der Waals surface area (Å²) in [6.07, 6.45) is 0.921. The fraction of sp³-hybridized carbons (Fsp3) is 0. The van der Waals surface area contributed by atoms with Crippen molar-refractivity contribution >= 4 is 17.7 Å². The molecule has 0 saturated carbocycles. The number of nitrogens with zero attached hydrogens (tertiary/aromatic N) is 1. The highest BCUT2D eigenvalue weighted by molar-refractivity contribution is 8.04. The topological polar surface area (TPSA) is 86.4 Å². The van der Waals surface area contributed by atoms with E-state index in [1.165, 1.54) is 10.8 Å². The summed E-state index contributed by atoms with van der Waals surface area (Å²) in [7, 11) is 0. The summed E-state index contributed by atoms with van der Waals surface area (Å²) in [6.45, 7) is 0. The maximum absolute atomic E-state index is 10.9. The van der Waals surface area contributed by atoms with Crippen molar-refractivity contribution in [3.05, 3.63) is 27.9 Å². The van der Waals surface area contributed by atoms with Gasteiger partial charge in [-0.25, -0.2) is 5.21 Å². The smallest absolute Gasteiger partial charge is 0.307 e. The predicted octanol–water partition coefficient (Wildman–Crippen LogP) is 0.235. The van der Waals surface area contributed by atoms with Crippen molar-refractivity contribution in [2.24, 2.45) is 5.73 Å². The first-order chi connectivity index (χ1) is 5.04. The van der Waals surface area contributed by atoms with Gasteiger partial charge in [-0.1, -0.05) is 11.8 Å². The number of thioether (sulfide) groups is 1.